The largest absolute Gasteiger partial charge is 0.396 e. The van der Waals surface area contributed by atoms with Crippen molar-refractivity contribution in [2.45, 2.75) is 38.3 Å². The van der Waals surface area contributed by atoms with Crippen molar-refractivity contribution in [1.29, 1.82) is 0 Å². The molecule has 3 nitrogen and oxygen atoms in total. The van der Waals surface area contributed by atoms with Crippen LogP contribution in [0.1, 0.15) is 31.2 Å². The van der Waals surface area contributed by atoms with E-state index >= 15 is 0 Å². The van der Waals surface area contributed by atoms with E-state index in [1.54, 1.807) is 0 Å². The minimum atomic E-state index is 0.0819. The van der Waals surface area contributed by atoms with Gasteiger partial charge in [-0.3, -0.25) is 0 Å². The van der Waals surface area contributed by atoms with Gasteiger partial charge in [0.05, 0.1) is 6.61 Å². The highest BCUT2D eigenvalue weighted by molar-refractivity contribution is 5.54. The SMILES string of the molecule is OCCCN(c1ccccc1CO)C1CCC1. The maximum atomic E-state index is 9.39. The number of hydrogen-bond acceptors (Lipinski definition) is 3. The Morgan fingerprint density at radius 3 is 2.53 bits per heavy atom. The van der Waals surface area contributed by atoms with Gasteiger partial charge in [-0.25, -0.2) is 0 Å². The third kappa shape index (κ3) is 2.79. The monoisotopic (exact) mass is 235 g/mol. The van der Waals surface area contributed by atoms with Crippen molar-refractivity contribution in [2.24, 2.45) is 0 Å². The molecule has 1 saturated carbocycles. The first-order valence-electron chi connectivity index (χ1n) is 6.43. The zero-order valence-electron chi connectivity index (χ0n) is 10.2. The summed E-state index contributed by atoms with van der Waals surface area (Å²) >= 11 is 0. The molecule has 3 heteroatoms. The maximum Gasteiger partial charge on any atom is 0.0702 e. The third-order valence-corrected chi connectivity index (χ3v) is 3.54. The second-order valence-corrected chi connectivity index (χ2v) is 4.64. The lowest BCUT2D eigenvalue weighted by atomic mass is 9.90. The number of benzene rings is 1. The quantitative estimate of drug-likeness (QED) is 0.791. The first kappa shape index (κ1) is 12.4. The molecule has 0 amide bonds. The highest BCUT2D eigenvalue weighted by atomic mass is 16.3. The average Bonchev–Trinajstić information content (AvgIpc) is 2.32. The Morgan fingerprint density at radius 2 is 1.94 bits per heavy atom. The maximum absolute atomic E-state index is 9.39. The summed E-state index contributed by atoms with van der Waals surface area (Å²) < 4.78 is 0. The lowest BCUT2D eigenvalue weighted by Gasteiger charge is -2.40. The highest BCUT2D eigenvalue weighted by Crippen LogP contribution is 2.31. The zero-order chi connectivity index (χ0) is 12.1. The molecule has 0 heterocycles. The van der Waals surface area contributed by atoms with Gasteiger partial charge in [0.2, 0.25) is 0 Å². The first-order valence-corrected chi connectivity index (χ1v) is 6.43. The van der Waals surface area contributed by atoms with E-state index in [4.69, 9.17) is 5.11 Å². The molecule has 1 aromatic rings. The van der Waals surface area contributed by atoms with Gasteiger partial charge in [0.25, 0.3) is 0 Å². The number of rotatable bonds is 6. The van der Waals surface area contributed by atoms with Crippen LogP contribution in [0.2, 0.25) is 0 Å². The minimum Gasteiger partial charge on any atom is -0.396 e. The zero-order valence-corrected chi connectivity index (χ0v) is 10.2. The molecule has 0 unspecified atom stereocenters. The van der Waals surface area contributed by atoms with E-state index in [1.165, 1.54) is 19.3 Å². The van der Waals surface area contributed by atoms with Crippen LogP contribution >= 0.6 is 0 Å². The van der Waals surface area contributed by atoms with Gasteiger partial charge in [0.15, 0.2) is 0 Å². The van der Waals surface area contributed by atoms with Gasteiger partial charge < -0.3 is 15.1 Å². The van der Waals surface area contributed by atoms with Crippen molar-refractivity contribution >= 4 is 5.69 Å². The van der Waals surface area contributed by atoms with Crippen LogP contribution in [0.5, 0.6) is 0 Å². The highest BCUT2D eigenvalue weighted by Gasteiger charge is 2.25. The van der Waals surface area contributed by atoms with Crippen molar-refractivity contribution in [3.63, 3.8) is 0 Å². The van der Waals surface area contributed by atoms with Gasteiger partial charge in [-0.15, -0.1) is 0 Å². The van der Waals surface area contributed by atoms with E-state index in [9.17, 15) is 5.11 Å². The number of anilines is 1. The molecule has 0 aliphatic heterocycles. The van der Waals surface area contributed by atoms with E-state index in [0.717, 1.165) is 24.2 Å². The van der Waals surface area contributed by atoms with Crippen molar-refractivity contribution in [3.8, 4) is 0 Å². The predicted octanol–water partition coefficient (Wildman–Crippen LogP) is 1.92. The van der Waals surface area contributed by atoms with Crippen LogP contribution in [-0.4, -0.2) is 29.4 Å². The summed E-state index contributed by atoms with van der Waals surface area (Å²) in [6.07, 6.45) is 4.54. The van der Waals surface area contributed by atoms with Gasteiger partial charge >= 0.3 is 0 Å². The lowest BCUT2D eigenvalue weighted by Crippen LogP contribution is -2.41. The Hall–Kier alpha value is -1.06. The van der Waals surface area contributed by atoms with Gasteiger partial charge in [0, 0.05) is 30.4 Å². The molecular formula is C14H21NO2. The molecule has 2 N–H and O–H groups in total. The second-order valence-electron chi connectivity index (χ2n) is 4.64. The number of nitrogens with zero attached hydrogens (tertiary/aromatic N) is 1. The van der Waals surface area contributed by atoms with Crippen molar-refractivity contribution in [3.05, 3.63) is 29.8 Å². The van der Waals surface area contributed by atoms with Crippen molar-refractivity contribution < 1.29 is 10.2 Å². The predicted molar refractivity (Wildman–Crippen MR) is 69.1 cm³/mol. The molecule has 1 aliphatic rings. The van der Waals surface area contributed by atoms with E-state index in [-0.39, 0.29) is 13.2 Å². The number of hydrogen-bond donors (Lipinski definition) is 2. The van der Waals surface area contributed by atoms with E-state index in [0.29, 0.717) is 6.04 Å². The topological polar surface area (TPSA) is 43.7 Å². The summed E-state index contributed by atoms with van der Waals surface area (Å²) in [5, 5.41) is 18.4. The van der Waals surface area contributed by atoms with Crippen LogP contribution in [0.25, 0.3) is 0 Å². The molecule has 0 radical (unpaired) electrons. The summed E-state index contributed by atoms with van der Waals surface area (Å²) in [4.78, 5) is 2.35. The summed E-state index contributed by atoms with van der Waals surface area (Å²) in [7, 11) is 0. The number of aliphatic hydroxyl groups is 2. The smallest absolute Gasteiger partial charge is 0.0702 e. The van der Waals surface area contributed by atoms with Gasteiger partial charge in [0.1, 0.15) is 0 Å². The van der Waals surface area contributed by atoms with Crippen LogP contribution in [0, 0.1) is 0 Å². The second kappa shape index (κ2) is 6.03. The summed E-state index contributed by atoms with van der Waals surface area (Å²) in [5.41, 5.74) is 2.12. The molecule has 0 saturated heterocycles. The first-order chi connectivity index (χ1) is 8.36. The molecule has 17 heavy (non-hydrogen) atoms. The lowest BCUT2D eigenvalue weighted by molar-refractivity contribution is 0.277. The Labute approximate surface area is 103 Å². The molecule has 0 atom stereocenters. The Bertz CT molecular complexity index is 350. The molecule has 1 fully saturated rings. The van der Waals surface area contributed by atoms with Crippen LogP contribution in [-0.2, 0) is 6.61 Å². The molecule has 94 valence electrons. The van der Waals surface area contributed by atoms with Gasteiger partial charge in [-0.2, -0.15) is 0 Å². The normalized spacial score (nSPS) is 15.6. The van der Waals surface area contributed by atoms with E-state index in [2.05, 4.69) is 11.0 Å². The molecule has 0 spiro atoms. The molecule has 2 rings (SSSR count). The fourth-order valence-electron chi connectivity index (χ4n) is 2.36. The fourth-order valence-corrected chi connectivity index (χ4v) is 2.36. The van der Waals surface area contributed by atoms with Crippen LogP contribution < -0.4 is 4.90 Å². The van der Waals surface area contributed by atoms with Crippen LogP contribution in [0.3, 0.4) is 0 Å². The van der Waals surface area contributed by atoms with Crippen molar-refractivity contribution in [1.82, 2.24) is 0 Å². The van der Waals surface area contributed by atoms with Gasteiger partial charge in [-0.05, 0) is 31.7 Å². The number of para-hydroxylation sites is 1. The Morgan fingerprint density at radius 1 is 1.18 bits per heavy atom. The Kier molecular flexibility index (Phi) is 4.40. The fraction of sp³-hybridized carbons (Fsp3) is 0.571. The summed E-state index contributed by atoms with van der Waals surface area (Å²) in [6, 6.07) is 8.61. The molecule has 1 aliphatic carbocycles. The van der Waals surface area contributed by atoms with Crippen LogP contribution in [0.15, 0.2) is 24.3 Å². The standard InChI is InChI=1S/C14H21NO2/c16-10-4-9-15(13-6-3-7-13)14-8-2-1-5-12(14)11-17/h1-2,5,8,13,16-17H,3-4,6-7,9-11H2. The molecule has 0 bridgehead atoms. The average molecular weight is 235 g/mol. The molecule has 1 aromatic carbocycles. The van der Waals surface area contributed by atoms with Crippen LogP contribution in [0.4, 0.5) is 5.69 Å². The molecule has 0 aromatic heterocycles. The minimum absolute atomic E-state index is 0.0819. The van der Waals surface area contributed by atoms with E-state index in [1.807, 2.05) is 18.2 Å². The Balaban J connectivity index is 2.17. The summed E-state index contributed by atoms with van der Waals surface area (Å²) in [6.45, 7) is 1.18. The van der Waals surface area contributed by atoms with Gasteiger partial charge in [-0.1, -0.05) is 18.2 Å². The van der Waals surface area contributed by atoms with E-state index < -0.39 is 0 Å². The number of aliphatic hydroxyl groups excluding tert-OH is 2. The third-order valence-electron chi connectivity index (χ3n) is 3.54. The molecular weight excluding hydrogens is 214 g/mol. The van der Waals surface area contributed by atoms with Crippen molar-refractivity contribution in [2.75, 3.05) is 18.1 Å². The summed E-state index contributed by atoms with van der Waals surface area (Å²) in [5.74, 6) is 0.